The maximum absolute atomic E-state index is 12.2. The summed E-state index contributed by atoms with van der Waals surface area (Å²) in [6.45, 7) is 0.915. The van der Waals surface area contributed by atoms with Crippen LogP contribution >= 0.6 is 0 Å². The summed E-state index contributed by atoms with van der Waals surface area (Å²) in [6.07, 6.45) is 2.27. The van der Waals surface area contributed by atoms with Crippen LogP contribution in [0.25, 0.3) is 0 Å². The maximum Gasteiger partial charge on any atom is 0.240 e. The number of carbonyl (C=O) groups is 2. The Morgan fingerprint density at radius 3 is 2.65 bits per heavy atom. The quantitative estimate of drug-likeness (QED) is 0.811. The van der Waals surface area contributed by atoms with Crippen molar-refractivity contribution in [3.8, 4) is 0 Å². The van der Waals surface area contributed by atoms with Crippen molar-refractivity contribution in [3.05, 3.63) is 35.9 Å². The highest BCUT2D eigenvalue weighted by Crippen LogP contribution is 2.15. The third-order valence-electron chi connectivity index (χ3n) is 3.77. The van der Waals surface area contributed by atoms with Crippen molar-refractivity contribution < 1.29 is 9.59 Å². The molecule has 0 spiro atoms. The maximum atomic E-state index is 12.2. The summed E-state index contributed by atoms with van der Waals surface area (Å²) in [7, 11) is 1.92. The van der Waals surface area contributed by atoms with Gasteiger partial charge in [-0.3, -0.25) is 14.5 Å². The highest BCUT2D eigenvalue weighted by atomic mass is 16.2. The molecule has 0 saturated carbocycles. The summed E-state index contributed by atoms with van der Waals surface area (Å²) in [4.78, 5) is 25.7. The van der Waals surface area contributed by atoms with E-state index in [-0.39, 0.29) is 11.9 Å². The smallest absolute Gasteiger partial charge is 0.240 e. The molecule has 3 N–H and O–H groups in total. The number of hydrogen-bond donors (Lipinski definition) is 2. The Morgan fingerprint density at radius 1 is 1.40 bits per heavy atom. The Labute approximate surface area is 119 Å². The first-order valence-electron chi connectivity index (χ1n) is 6.92. The minimum atomic E-state index is -0.654. The number of amides is 2. The number of nitrogens with one attached hydrogen (secondary N) is 1. The molecule has 0 aliphatic carbocycles. The predicted molar refractivity (Wildman–Crippen MR) is 76.9 cm³/mol. The van der Waals surface area contributed by atoms with E-state index in [0.29, 0.717) is 6.42 Å². The van der Waals surface area contributed by atoms with Crippen molar-refractivity contribution in [2.24, 2.45) is 5.73 Å². The largest absolute Gasteiger partial charge is 0.368 e. The number of nitrogens with two attached hydrogens (primary N) is 1. The molecule has 2 atom stereocenters. The van der Waals surface area contributed by atoms with Gasteiger partial charge in [-0.2, -0.15) is 0 Å². The summed E-state index contributed by atoms with van der Waals surface area (Å²) in [5.41, 5.74) is 6.38. The molecule has 1 aliphatic heterocycles. The van der Waals surface area contributed by atoms with E-state index in [9.17, 15) is 9.59 Å². The van der Waals surface area contributed by atoms with Gasteiger partial charge in [0, 0.05) is 6.42 Å². The molecule has 5 heteroatoms. The van der Waals surface area contributed by atoms with E-state index >= 15 is 0 Å². The lowest BCUT2D eigenvalue weighted by atomic mass is 10.0. The first-order valence-corrected chi connectivity index (χ1v) is 6.92. The number of likely N-dealkylation sites (N-methyl/N-ethyl adjacent to an activating group) is 1. The first-order chi connectivity index (χ1) is 9.58. The average molecular weight is 275 g/mol. The number of primary amides is 1. The molecule has 0 bridgehead atoms. The first kappa shape index (κ1) is 14.5. The molecule has 1 heterocycles. The summed E-state index contributed by atoms with van der Waals surface area (Å²) in [6, 6.07) is 8.76. The zero-order valence-electron chi connectivity index (χ0n) is 11.7. The van der Waals surface area contributed by atoms with E-state index < -0.39 is 11.9 Å². The molecule has 1 aromatic rings. The van der Waals surface area contributed by atoms with Crippen LogP contribution in [0, 0.1) is 0 Å². The molecule has 2 amide bonds. The van der Waals surface area contributed by atoms with Crippen LogP contribution in [0.2, 0.25) is 0 Å². The molecular formula is C15H21N3O2. The molecule has 0 aromatic heterocycles. The monoisotopic (exact) mass is 275 g/mol. The van der Waals surface area contributed by atoms with Crippen LogP contribution in [0.15, 0.2) is 30.3 Å². The molecule has 1 fully saturated rings. The van der Waals surface area contributed by atoms with Crippen molar-refractivity contribution in [2.45, 2.75) is 31.3 Å². The molecule has 2 rings (SSSR count). The lowest BCUT2D eigenvalue weighted by Gasteiger charge is -2.22. The van der Waals surface area contributed by atoms with Crippen molar-refractivity contribution in [3.63, 3.8) is 0 Å². The Morgan fingerprint density at radius 2 is 2.10 bits per heavy atom. The van der Waals surface area contributed by atoms with Gasteiger partial charge in [-0.1, -0.05) is 30.3 Å². The van der Waals surface area contributed by atoms with Crippen LogP contribution in [-0.2, 0) is 16.0 Å². The van der Waals surface area contributed by atoms with Crippen LogP contribution in [0.5, 0.6) is 0 Å². The van der Waals surface area contributed by atoms with Gasteiger partial charge in [0.2, 0.25) is 11.8 Å². The van der Waals surface area contributed by atoms with E-state index in [2.05, 4.69) is 5.32 Å². The van der Waals surface area contributed by atoms with Gasteiger partial charge in [0.25, 0.3) is 0 Å². The number of rotatable bonds is 5. The molecule has 1 aliphatic rings. The van der Waals surface area contributed by atoms with Crippen LogP contribution < -0.4 is 11.1 Å². The van der Waals surface area contributed by atoms with Crippen LogP contribution in [0.3, 0.4) is 0 Å². The second-order valence-electron chi connectivity index (χ2n) is 5.29. The molecule has 0 unspecified atom stereocenters. The number of hydrogen-bond acceptors (Lipinski definition) is 3. The van der Waals surface area contributed by atoms with Gasteiger partial charge >= 0.3 is 0 Å². The normalized spacial score (nSPS) is 20.6. The molecule has 1 saturated heterocycles. The Kier molecular flexibility index (Phi) is 4.74. The average Bonchev–Trinajstić information content (AvgIpc) is 2.85. The van der Waals surface area contributed by atoms with Gasteiger partial charge in [-0.15, -0.1) is 0 Å². The summed E-state index contributed by atoms with van der Waals surface area (Å²) < 4.78 is 0. The molecule has 108 valence electrons. The molecular weight excluding hydrogens is 254 g/mol. The standard InChI is InChI=1S/C15H21N3O2/c1-18-9-5-8-13(18)15(20)17-12(14(16)19)10-11-6-3-2-4-7-11/h2-4,6-7,12-13H,5,8-10H2,1H3,(H2,16,19)(H,17,20)/t12-,13-/m0/s1. The second-order valence-corrected chi connectivity index (χ2v) is 5.29. The van der Waals surface area contributed by atoms with Crippen LogP contribution in [0.4, 0.5) is 0 Å². The minimum absolute atomic E-state index is 0.107. The van der Waals surface area contributed by atoms with Crippen molar-refractivity contribution in [1.82, 2.24) is 10.2 Å². The zero-order chi connectivity index (χ0) is 14.5. The zero-order valence-corrected chi connectivity index (χ0v) is 11.7. The van der Waals surface area contributed by atoms with Gasteiger partial charge in [0.05, 0.1) is 6.04 Å². The number of nitrogens with zero attached hydrogens (tertiary/aromatic N) is 1. The van der Waals surface area contributed by atoms with E-state index in [1.807, 2.05) is 42.3 Å². The second kappa shape index (κ2) is 6.52. The Balaban J connectivity index is 1.99. The predicted octanol–water partition coefficient (Wildman–Crippen LogP) is 0.293. The number of carbonyl (C=O) groups excluding carboxylic acids is 2. The van der Waals surface area contributed by atoms with Gasteiger partial charge in [-0.05, 0) is 32.0 Å². The van der Waals surface area contributed by atoms with Gasteiger partial charge in [0.15, 0.2) is 0 Å². The fourth-order valence-electron chi connectivity index (χ4n) is 2.58. The number of likely N-dealkylation sites (tertiary alicyclic amines) is 1. The topological polar surface area (TPSA) is 75.4 Å². The van der Waals surface area contributed by atoms with Gasteiger partial charge < -0.3 is 11.1 Å². The summed E-state index contributed by atoms with van der Waals surface area (Å²) in [5, 5.41) is 2.78. The summed E-state index contributed by atoms with van der Waals surface area (Å²) in [5.74, 6) is -0.604. The molecule has 5 nitrogen and oxygen atoms in total. The Bertz CT molecular complexity index is 475. The van der Waals surface area contributed by atoms with Crippen molar-refractivity contribution >= 4 is 11.8 Å². The fraction of sp³-hybridized carbons (Fsp3) is 0.467. The lowest BCUT2D eigenvalue weighted by molar-refractivity contribution is -0.129. The van der Waals surface area contributed by atoms with Crippen LogP contribution in [-0.4, -0.2) is 42.4 Å². The molecule has 1 aromatic carbocycles. The lowest BCUT2D eigenvalue weighted by Crippen LogP contribution is -2.51. The molecule has 0 radical (unpaired) electrons. The van der Waals surface area contributed by atoms with E-state index in [1.54, 1.807) is 0 Å². The number of benzene rings is 1. The Hall–Kier alpha value is -1.88. The highest BCUT2D eigenvalue weighted by molar-refractivity contribution is 5.89. The van der Waals surface area contributed by atoms with Crippen LogP contribution in [0.1, 0.15) is 18.4 Å². The SMILES string of the molecule is CN1CCC[C@H]1C(=O)N[C@@H](Cc1ccccc1)C(N)=O. The summed E-state index contributed by atoms with van der Waals surface area (Å²) >= 11 is 0. The van der Waals surface area contributed by atoms with E-state index in [1.165, 1.54) is 0 Å². The van der Waals surface area contributed by atoms with Crippen molar-refractivity contribution in [1.29, 1.82) is 0 Å². The molecule has 20 heavy (non-hydrogen) atoms. The highest BCUT2D eigenvalue weighted by Gasteiger charge is 2.30. The van der Waals surface area contributed by atoms with Gasteiger partial charge in [-0.25, -0.2) is 0 Å². The third-order valence-corrected chi connectivity index (χ3v) is 3.77. The van der Waals surface area contributed by atoms with Crippen molar-refractivity contribution in [2.75, 3.05) is 13.6 Å². The minimum Gasteiger partial charge on any atom is -0.368 e. The van der Waals surface area contributed by atoms with Gasteiger partial charge in [0.1, 0.15) is 6.04 Å². The van der Waals surface area contributed by atoms with E-state index in [4.69, 9.17) is 5.73 Å². The van der Waals surface area contributed by atoms with E-state index in [0.717, 1.165) is 24.9 Å². The third kappa shape index (κ3) is 3.57. The fourth-order valence-corrected chi connectivity index (χ4v) is 2.58.